The van der Waals surface area contributed by atoms with Crippen molar-refractivity contribution in [1.29, 1.82) is 0 Å². The fourth-order valence-electron chi connectivity index (χ4n) is 4.29. The number of carbonyl (C=O) groups is 1. The van der Waals surface area contributed by atoms with Crippen LogP contribution in [0.5, 0.6) is 0 Å². The van der Waals surface area contributed by atoms with Crippen LogP contribution in [0.2, 0.25) is 0 Å². The van der Waals surface area contributed by atoms with E-state index in [0.717, 1.165) is 47.4 Å². The zero-order valence-electron chi connectivity index (χ0n) is 17.7. The quantitative estimate of drug-likeness (QED) is 0.448. The molecule has 1 saturated heterocycles. The van der Waals surface area contributed by atoms with Crippen LogP contribution in [-0.2, 0) is 17.8 Å². The van der Waals surface area contributed by atoms with Crippen molar-refractivity contribution in [2.45, 2.75) is 31.8 Å². The number of likely N-dealkylation sites (tertiary alicyclic amines) is 1. The molecule has 1 aromatic heterocycles. The van der Waals surface area contributed by atoms with E-state index in [1.807, 2.05) is 67.6 Å². The minimum absolute atomic E-state index is 0.0374. The van der Waals surface area contributed by atoms with Gasteiger partial charge in [-0.15, -0.1) is 0 Å². The smallest absolute Gasteiger partial charge is 0.244 e. The van der Waals surface area contributed by atoms with Crippen molar-refractivity contribution in [3.8, 4) is 0 Å². The van der Waals surface area contributed by atoms with Gasteiger partial charge in [0.25, 0.3) is 0 Å². The molecule has 1 atom stereocenters. The van der Waals surface area contributed by atoms with Gasteiger partial charge in [-0.3, -0.25) is 9.69 Å². The van der Waals surface area contributed by atoms with Crippen molar-refractivity contribution in [1.82, 2.24) is 4.90 Å². The maximum Gasteiger partial charge on any atom is 0.244 e. The van der Waals surface area contributed by atoms with Crippen LogP contribution in [0.4, 0.5) is 5.69 Å². The number of anilines is 1. The summed E-state index contributed by atoms with van der Waals surface area (Å²) in [6.45, 7) is 3.53. The van der Waals surface area contributed by atoms with Crippen LogP contribution in [0.25, 0.3) is 11.0 Å². The largest absolute Gasteiger partial charge is 0.460 e. The number of furan rings is 1. The Hall–Kier alpha value is -3.37. The Bertz CT molecular complexity index is 1180. The molecule has 31 heavy (non-hydrogen) atoms. The summed E-state index contributed by atoms with van der Waals surface area (Å²) in [6.07, 6.45) is 1.62. The van der Waals surface area contributed by atoms with E-state index in [2.05, 4.69) is 34.5 Å². The van der Waals surface area contributed by atoms with Gasteiger partial charge in [-0.25, -0.2) is 0 Å². The molecule has 0 bridgehead atoms. The van der Waals surface area contributed by atoms with E-state index in [9.17, 15) is 4.79 Å². The molecule has 4 heteroatoms. The van der Waals surface area contributed by atoms with E-state index < -0.39 is 5.54 Å². The van der Waals surface area contributed by atoms with Gasteiger partial charge < -0.3 is 9.73 Å². The van der Waals surface area contributed by atoms with Crippen LogP contribution in [0, 0.1) is 0 Å². The second-order valence-electron chi connectivity index (χ2n) is 8.47. The number of hydrogen-bond donors (Lipinski definition) is 1. The first-order valence-corrected chi connectivity index (χ1v) is 10.8. The molecule has 0 radical (unpaired) electrons. The van der Waals surface area contributed by atoms with Crippen LogP contribution in [0.1, 0.15) is 30.2 Å². The van der Waals surface area contributed by atoms with Gasteiger partial charge in [0, 0.05) is 17.6 Å². The molecule has 1 aliphatic heterocycles. The molecular weight excluding hydrogens is 384 g/mol. The number of carbonyl (C=O) groups excluding carboxylic acids is 1. The van der Waals surface area contributed by atoms with Crippen LogP contribution in [-0.4, -0.2) is 22.9 Å². The summed E-state index contributed by atoms with van der Waals surface area (Å²) in [5, 5.41) is 4.30. The van der Waals surface area contributed by atoms with Gasteiger partial charge in [-0.1, -0.05) is 66.7 Å². The molecule has 1 fully saturated rings. The fourth-order valence-corrected chi connectivity index (χ4v) is 4.29. The van der Waals surface area contributed by atoms with Gasteiger partial charge in [0.2, 0.25) is 5.91 Å². The molecule has 0 aliphatic carbocycles. The van der Waals surface area contributed by atoms with Gasteiger partial charge in [0.1, 0.15) is 11.3 Å². The zero-order valence-corrected chi connectivity index (χ0v) is 17.7. The summed E-state index contributed by atoms with van der Waals surface area (Å²) in [7, 11) is 0. The monoisotopic (exact) mass is 410 g/mol. The molecule has 1 N–H and O–H groups in total. The molecule has 4 nitrogen and oxygen atoms in total. The van der Waals surface area contributed by atoms with Gasteiger partial charge in [-0.2, -0.15) is 0 Å². The molecule has 3 aromatic carbocycles. The zero-order chi connectivity index (χ0) is 21.3. The van der Waals surface area contributed by atoms with Crippen molar-refractivity contribution >= 4 is 22.6 Å². The molecule has 0 saturated carbocycles. The highest BCUT2D eigenvalue weighted by molar-refractivity contribution is 5.99. The summed E-state index contributed by atoms with van der Waals surface area (Å²) in [5.74, 6) is 0.930. The van der Waals surface area contributed by atoms with E-state index >= 15 is 0 Å². The lowest BCUT2D eigenvalue weighted by Crippen LogP contribution is -2.63. The lowest BCUT2D eigenvalue weighted by molar-refractivity contribution is -0.136. The maximum absolute atomic E-state index is 13.3. The number of rotatable bonds is 6. The molecule has 1 aliphatic rings. The van der Waals surface area contributed by atoms with E-state index in [1.165, 1.54) is 5.56 Å². The first-order chi connectivity index (χ1) is 15.1. The van der Waals surface area contributed by atoms with Crippen LogP contribution in [0.3, 0.4) is 0 Å². The minimum atomic E-state index is -0.543. The van der Waals surface area contributed by atoms with Gasteiger partial charge in [0.05, 0.1) is 12.1 Å². The number of hydrogen-bond acceptors (Lipinski definition) is 3. The van der Waals surface area contributed by atoms with Crippen molar-refractivity contribution in [2.24, 2.45) is 0 Å². The maximum atomic E-state index is 13.3. The highest BCUT2D eigenvalue weighted by Gasteiger charge is 2.47. The van der Waals surface area contributed by atoms with E-state index in [-0.39, 0.29) is 5.91 Å². The normalized spacial score (nSPS) is 18.6. The lowest BCUT2D eigenvalue weighted by Gasteiger charge is -2.48. The SMILES string of the molecule is CC1(C(=O)Nc2ccccc2Cc2ccccc2)CCN1Cc1cc2ccccc2o1. The summed E-state index contributed by atoms with van der Waals surface area (Å²) >= 11 is 0. The highest BCUT2D eigenvalue weighted by Crippen LogP contribution is 2.34. The number of benzene rings is 3. The summed E-state index contributed by atoms with van der Waals surface area (Å²) < 4.78 is 5.98. The molecule has 5 rings (SSSR count). The van der Waals surface area contributed by atoms with Crippen molar-refractivity contribution < 1.29 is 9.21 Å². The van der Waals surface area contributed by atoms with Crippen molar-refractivity contribution in [2.75, 3.05) is 11.9 Å². The first-order valence-electron chi connectivity index (χ1n) is 10.8. The second kappa shape index (κ2) is 8.05. The Labute approximate surface area is 182 Å². The van der Waals surface area contributed by atoms with Gasteiger partial charge in [-0.05, 0) is 49.1 Å². The number of nitrogens with one attached hydrogen (secondary N) is 1. The van der Waals surface area contributed by atoms with E-state index in [1.54, 1.807) is 0 Å². The molecule has 1 unspecified atom stereocenters. The van der Waals surface area contributed by atoms with Gasteiger partial charge in [0.15, 0.2) is 0 Å². The first kappa shape index (κ1) is 19.6. The number of nitrogens with zero attached hydrogens (tertiary/aromatic N) is 1. The Morgan fingerprint density at radius 1 is 1.00 bits per heavy atom. The van der Waals surface area contributed by atoms with Crippen LogP contribution < -0.4 is 5.32 Å². The molecule has 2 heterocycles. The van der Waals surface area contributed by atoms with Crippen molar-refractivity contribution in [3.63, 3.8) is 0 Å². The number of amides is 1. The Morgan fingerprint density at radius 2 is 1.74 bits per heavy atom. The van der Waals surface area contributed by atoms with E-state index in [4.69, 9.17) is 4.42 Å². The minimum Gasteiger partial charge on any atom is -0.460 e. The third-order valence-electron chi connectivity index (χ3n) is 6.38. The van der Waals surface area contributed by atoms with Crippen LogP contribution >= 0.6 is 0 Å². The van der Waals surface area contributed by atoms with Crippen molar-refractivity contribution in [3.05, 3.63) is 102 Å². The van der Waals surface area contributed by atoms with E-state index in [0.29, 0.717) is 6.54 Å². The molecular formula is C27H26N2O2. The summed E-state index contributed by atoms with van der Waals surface area (Å²) in [6, 6.07) is 28.5. The van der Waals surface area contributed by atoms with Crippen LogP contribution in [0.15, 0.2) is 89.3 Å². The second-order valence-corrected chi connectivity index (χ2v) is 8.47. The molecule has 156 valence electrons. The predicted octanol–water partition coefficient (Wildman–Crippen LogP) is 5.63. The average molecular weight is 411 g/mol. The standard InChI is InChI=1S/C27H26N2O2/c1-27(15-16-29(27)19-23-18-22-12-6-8-14-25(22)31-23)26(30)28-24-13-7-5-11-21(24)17-20-9-3-2-4-10-20/h2-14,18H,15-17,19H2,1H3,(H,28,30). The Morgan fingerprint density at radius 3 is 2.52 bits per heavy atom. The molecule has 1 amide bonds. The molecule has 4 aromatic rings. The molecule has 0 spiro atoms. The third-order valence-corrected chi connectivity index (χ3v) is 6.38. The average Bonchev–Trinajstić information content (AvgIpc) is 3.21. The number of para-hydroxylation sites is 2. The topological polar surface area (TPSA) is 45.5 Å². The van der Waals surface area contributed by atoms with Gasteiger partial charge >= 0.3 is 0 Å². The fraction of sp³-hybridized carbons (Fsp3) is 0.222. The third kappa shape index (κ3) is 3.87. The summed E-state index contributed by atoms with van der Waals surface area (Å²) in [4.78, 5) is 15.5. The summed E-state index contributed by atoms with van der Waals surface area (Å²) in [5.41, 5.74) is 3.57. The Balaban J connectivity index is 1.31. The highest BCUT2D eigenvalue weighted by atomic mass is 16.3. The lowest BCUT2D eigenvalue weighted by atomic mass is 9.85. The predicted molar refractivity (Wildman–Crippen MR) is 124 cm³/mol. The Kier molecular flexibility index (Phi) is 5.08. The number of fused-ring (bicyclic) bond motifs is 1.